The Morgan fingerprint density at radius 1 is 1.00 bits per heavy atom. The van der Waals surface area contributed by atoms with Gasteiger partial charge >= 0.3 is 0 Å². The van der Waals surface area contributed by atoms with E-state index in [0.717, 1.165) is 48.2 Å². The number of nitrogens with one attached hydrogen (secondary N) is 2. The Morgan fingerprint density at radius 3 is 2.48 bits per heavy atom. The minimum Gasteiger partial charge on any atom is -0.493 e. The molecule has 0 amide bonds. The highest BCUT2D eigenvalue weighted by molar-refractivity contribution is 9.10. The zero-order valence-corrected chi connectivity index (χ0v) is 18.7. The molecule has 0 saturated heterocycles. The van der Waals surface area contributed by atoms with Crippen LogP contribution in [-0.4, -0.2) is 26.7 Å². The molecular weight excluding hydrogens is 451 g/mol. The van der Waals surface area contributed by atoms with E-state index in [0.29, 0.717) is 28.2 Å². The third-order valence-electron chi connectivity index (χ3n) is 3.94. The summed E-state index contributed by atoms with van der Waals surface area (Å²) in [5.74, 6) is 1.35. The number of methoxy groups -OCH3 is 1. The van der Waals surface area contributed by atoms with Crippen LogP contribution in [0, 0.1) is 0 Å². The van der Waals surface area contributed by atoms with Crippen LogP contribution in [0.4, 0.5) is 0 Å². The largest absolute Gasteiger partial charge is 0.493 e. The van der Waals surface area contributed by atoms with Gasteiger partial charge in [-0.25, -0.2) is 0 Å². The summed E-state index contributed by atoms with van der Waals surface area (Å²) >= 11 is 15.6. The summed E-state index contributed by atoms with van der Waals surface area (Å²) in [6.07, 6.45) is 1.09. The van der Waals surface area contributed by atoms with Gasteiger partial charge in [-0.1, -0.05) is 36.2 Å². The SMILES string of the molecule is CCNCCCNCc1cc(Br)c(OCc2ccc(Cl)c(Cl)c2)c(OC)c1. The quantitative estimate of drug-likeness (QED) is 0.425. The molecule has 0 aromatic heterocycles. The predicted octanol–water partition coefficient (Wildman–Crippen LogP) is 5.43. The lowest BCUT2D eigenvalue weighted by Gasteiger charge is -2.15. The molecule has 0 bridgehead atoms. The number of hydrogen-bond donors (Lipinski definition) is 2. The fourth-order valence-corrected chi connectivity index (χ4v) is 3.47. The van der Waals surface area contributed by atoms with Gasteiger partial charge in [0, 0.05) is 6.54 Å². The number of benzene rings is 2. The van der Waals surface area contributed by atoms with Gasteiger partial charge in [-0.3, -0.25) is 0 Å². The minimum atomic E-state index is 0.369. The van der Waals surface area contributed by atoms with Gasteiger partial charge in [0.05, 0.1) is 21.6 Å². The third-order valence-corrected chi connectivity index (χ3v) is 5.27. The van der Waals surface area contributed by atoms with Gasteiger partial charge in [0.15, 0.2) is 11.5 Å². The first kappa shape index (κ1) is 22.3. The van der Waals surface area contributed by atoms with E-state index in [1.807, 2.05) is 18.2 Å². The summed E-state index contributed by atoms with van der Waals surface area (Å²) in [6.45, 7) is 6.25. The van der Waals surface area contributed by atoms with E-state index in [4.69, 9.17) is 32.7 Å². The molecule has 0 aliphatic rings. The van der Waals surface area contributed by atoms with Gasteiger partial charge in [-0.2, -0.15) is 0 Å². The van der Waals surface area contributed by atoms with Gasteiger partial charge in [0.2, 0.25) is 0 Å². The Bertz CT molecular complexity index is 744. The molecule has 2 aromatic rings. The van der Waals surface area contributed by atoms with Crippen LogP contribution in [0.2, 0.25) is 10.0 Å². The van der Waals surface area contributed by atoms with Crippen LogP contribution in [0.25, 0.3) is 0 Å². The molecule has 0 atom stereocenters. The van der Waals surface area contributed by atoms with Crippen molar-refractivity contribution in [2.24, 2.45) is 0 Å². The maximum absolute atomic E-state index is 6.06. The zero-order valence-electron chi connectivity index (χ0n) is 15.6. The fourth-order valence-electron chi connectivity index (χ4n) is 2.55. The molecule has 0 heterocycles. The number of ether oxygens (including phenoxy) is 2. The molecule has 0 radical (unpaired) electrons. The van der Waals surface area contributed by atoms with Crippen molar-refractivity contribution in [2.75, 3.05) is 26.7 Å². The second-order valence-electron chi connectivity index (χ2n) is 6.03. The zero-order chi connectivity index (χ0) is 19.6. The maximum atomic E-state index is 6.06. The summed E-state index contributed by atoms with van der Waals surface area (Å²) < 4.78 is 12.3. The van der Waals surface area contributed by atoms with Crippen molar-refractivity contribution in [2.45, 2.75) is 26.5 Å². The second-order valence-corrected chi connectivity index (χ2v) is 7.70. The molecule has 4 nitrogen and oxygen atoms in total. The highest BCUT2D eigenvalue weighted by Crippen LogP contribution is 2.37. The van der Waals surface area contributed by atoms with Crippen LogP contribution in [0.3, 0.4) is 0 Å². The first-order chi connectivity index (χ1) is 13.0. The molecule has 2 N–H and O–H groups in total. The lowest BCUT2D eigenvalue weighted by Crippen LogP contribution is -2.21. The van der Waals surface area contributed by atoms with Crippen LogP contribution in [0.1, 0.15) is 24.5 Å². The first-order valence-corrected chi connectivity index (χ1v) is 10.4. The van der Waals surface area contributed by atoms with E-state index in [1.54, 1.807) is 19.2 Å². The Labute approximate surface area is 179 Å². The van der Waals surface area contributed by atoms with Gasteiger partial charge < -0.3 is 20.1 Å². The van der Waals surface area contributed by atoms with Crippen LogP contribution < -0.4 is 20.1 Å². The maximum Gasteiger partial charge on any atom is 0.175 e. The van der Waals surface area contributed by atoms with Crippen LogP contribution in [0.5, 0.6) is 11.5 Å². The van der Waals surface area contributed by atoms with Gasteiger partial charge in [0.1, 0.15) is 6.61 Å². The Hall–Kier alpha value is -0.980. The summed E-state index contributed by atoms with van der Waals surface area (Å²) in [6, 6.07) is 9.49. The highest BCUT2D eigenvalue weighted by atomic mass is 79.9. The Balaban J connectivity index is 1.97. The summed E-state index contributed by atoms with van der Waals surface area (Å²) in [5, 5.41) is 7.80. The number of halogens is 3. The average Bonchev–Trinajstić information content (AvgIpc) is 2.66. The van der Waals surface area contributed by atoms with Crippen molar-refractivity contribution in [3.63, 3.8) is 0 Å². The topological polar surface area (TPSA) is 42.5 Å². The van der Waals surface area contributed by atoms with E-state index in [-0.39, 0.29) is 0 Å². The van der Waals surface area contributed by atoms with Crippen molar-refractivity contribution in [3.8, 4) is 11.5 Å². The Kier molecular flexibility index (Phi) is 9.73. The Morgan fingerprint density at radius 2 is 1.78 bits per heavy atom. The summed E-state index contributed by atoms with van der Waals surface area (Å²) in [7, 11) is 1.64. The molecule has 0 fully saturated rings. The minimum absolute atomic E-state index is 0.369. The van der Waals surface area contributed by atoms with Gasteiger partial charge in [-0.15, -0.1) is 0 Å². The lowest BCUT2D eigenvalue weighted by atomic mass is 10.2. The van der Waals surface area contributed by atoms with Crippen molar-refractivity contribution < 1.29 is 9.47 Å². The predicted molar refractivity (Wildman–Crippen MR) is 116 cm³/mol. The molecule has 2 rings (SSSR count). The molecule has 148 valence electrons. The van der Waals surface area contributed by atoms with Crippen LogP contribution >= 0.6 is 39.1 Å². The highest BCUT2D eigenvalue weighted by Gasteiger charge is 2.12. The smallest absolute Gasteiger partial charge is 0.175 e. The van der Waals surface area contributed by atoms with Crippen molar-refractivity contribution >= 4 is 39.1 Å². The number of rotatable bonds is 11. The van der Waals surface area contributed by atoms with E-state index in [9.17, 15) is 0 Å². The molecule has 0 aliphatic carbocycles. The first-order valence-electron chi connectivity index (χ1n) is 8.89. The molecular formula is C20H25BrCl2N2O2. The van der Waals surface area contributed by atoms with Crippen molar-refractivity contribution in [1.29, 1.82) is 0 Å². The normalized spacial score (nSPS) is 10.9. The fraction of sp³-hybridized carbons (Fsp3) is 0.400. The monoisotopic (exact) mass is 474 g/mol. The molecule has 27 heavy (non-hydrogen) atoms. The standard InChI is InChI=1S/C20H25BrCl2N2O2/c1-3-24-7-4-8-25-12-15-9-16(21)20(19(11-15)26-2)27-13-14-5-6-17(22)18(23)10-14/h5-6,9-11,24-25H,3-4,7-8,12-13H2,1-2H3. The average molecular weight is 476 g/mol. The molecule has 0 unspecified atom stereocenters. The van der Waals surface area contributed by atoms with Crippen LogP contribution in [0.15, 0.2) is 34.8 Å². The lowest BCUT2D eigenvalue weighted by molar-refractivity contribution is 0.282. The second kappa shape index (κ2) is 11.8. The summed E-state index contributed by atoms with van der Waals surface area (Å²) in [5.41, 5.74) is 2.06. The molecule has 0 aliphatic heterocycles. The van der Waals surface area contributed by atoms with E-state index in [2.05, 4.69) is 33.5 Å². The van der Waals surface area contributed by atoms with Crippen molar-refractivity contribution in [1.82, 2.24) is 10.6 Å². The van der Waals surface area contributed by atoms with Gasteiger partial charge in [0.25, 0.3) is 0 Å². The van der Waals surface area contributed by atoms with E-state index >= 15 is 0 Å². The van der Waals surface area contributed by atoms with Crippen LogP contribution in [-0.2, 0) is 13.2 Å². The number of hydrogen-bond acceptors (Lipinski definition) is 4. The van der Waals surface area contributed by atoms with E-state index in [1.165, 1.54) is 0 Å². The van der Waals surface area contributed by atoms with E-state index < -0.39 is 0 Å². The summed E-state index contributed by atoms with van der Waals surface area (Å²) in [4.78, 5) is 0. The molecule has 7 heteroatoms. The molecule has 0 saturated carbocycles. The van der Waals surface area contributed by atoms with Gasteiger partial charge in [-0.05, 0) is 77.4 Å². The molecule has 0 spiro atoms. The van der Waals surface area contributed by atoms with Crippen molar-refractivity contribution in [3.05, 3.63) is 56.0 Å². The molecule has 2 aromatic carbocycles. The third kappa shape index (κ3) is 7.16.